The van der Waals surface area contributed by atoms with Gasteiger partial charge in [0.1, 0.15) is 0 Å². The van der Waals surface area contributed by atoms with Crippen LogP contribution in [0.15, 0.2) is 22.8 Å². The summed E-state index contributed by atoms with van der Waals surface area (Å²) >= 11 is 3.38. The smallest absolute Gasteiger partial charge is 0.274 e. The Morgan fingerprint density at radius 2 is 2.25 bits per heavy atom. The SMILES string of the molecule is Cc1cc(Br)c(-n2cc(CCCO)nn2)cc1[N+](=O)[O-]. The van der Waals surface area contributed by atoms with Gasteiger partial charge in [-0.1, -0.05) is 5.21 Å². The molecule has 1 aromatic heterocycles. The zero-order chi connectivity index (χ0) is 14.7. The zero-order valence-corrected chi connectivity index (χ0v) is 12.4. The molecule has 0 aliphatic carbocycles. The number of aliphatic hydroxyl groups is 1. The second kappa shape index (κ2) is 6.10. The van der Waals surface area contributed by atoms with Gasteiger partial charge in [0.15, 0.2) is 0 Å². The van der Waals surface area contributed by atoms with Crippen LogP contribution in [0, 0.1) is 17.0 Å². The maximum atomic E-state index is 11.0. The molecule has 0 unspecified atom stereocenters. The molecular formula is C12H13BrN4O3. The van der Waals surface area contributed by atoms with Crippen molar-refractivity contribution in [2.24, 2.45) is 0 Å². The maximum absolute atomic E-state index is 11.0. The fraction of sp³-hybridized carbons (Fsp3) is 0.333. The first kappa shape index (κ1) is 14.6. The summed E-state index contributed by atoms with van der Waals surface area (Å²) < 4.78 is 2.20. The number of nitrogens with zero attached hydrogens (tertiary/aromatic N) is 4. The highest BCUT2D eigenvalue weighted by atomic mass is 79.9. The fourth-order valence-electron chi connectivity index (χ4n) is 1.81. The number of hydrogen-bond acceptors (Lipinski definition) is 5. The minimum absolute atomic E-state index is 0.0376. The Hall–Kier alpha value is -1.80. The van der Waals surface area contributed by atoms with E-state index in [1.165, 1.54) is 10.7 Å². The molecule has 0 atom stereocenters. The minimum Gasteiger partial charge on any atom is -0.396 e. The molecule has 1 aromatic carbocycles. The summed E-state index contributed by atoms with van der Waals surface area (Å²) in [5.74, 6) is 0. The van der Waals surface area contributed by atoms with Crippen LogP contribution < -0.4 is 0 Å². The Balaban J connectivity index is 2.39. The number of nitro benzene ring substituents is 1. The Labute approximate surface area is 123 Å². The molecule has 8 heteroatoms. The summed E-state index contributed by atoms with van der Waals surface area (Å²) in [4.78, 5) is 10.6. The summed E-state index contributed by atoms with van der Waals surface area (Å²) in [7, 11) is 0. The number of rotatable bonds is 5. The summed E-state index contributed by atoms with van der Waals surface area (Å²) in [5.41, 5.74) is 1.90. The highest BCUT2D eigenvalue weighted by Gasteiger charge is 2.16. The molecule has 0 spiro atoms. The predicted molar refractivity (Wildman–Crippen MR) is 75.9 cm³/mol. The van der Waals surface area contributed by atoms with Crippen LogP contribution in [0.5, 0.6) is 0 Å². The Morgan fingerprint density at radius 3 is 2.90 bits per heavy atom. The van der Waals surface area contributed by atoms with Crippen molar-refractivity contribution < 1.29 is 10.0 Å². The van der Waals surface area contributed by atoms with Crippen molar-refractivity contribution in [1.82, 2.24) is 15.0 Å². The second-order valence-electron chi connectivity index (χ2n) is 4.33. The number of aliphatic hydroxyl groups excluding tert-OH is 1. The van der Waals surface area contributed by atoms with Gasteiger partial charge in [-0.05, 0) is 41.8 Å². The monoisotopic (exact) mass is 340 g/mol. The van der Waals surface area contributed by atoms with Crippen molar-refractivity contribution in [1.29, 1.82) is 0 Å². The third-order valence-corrected chi connectivity index (χ3v) is 3.48. The van der Waals surface area contributed by atoms with E-state index in [4.69, 9.17) is 5.11 Å². The van der Waals surface area contributed by atoms with Crippen molar-refractivity contribution in [3.05, 3.63) is 44.2 Å². The largest absolute Gasteiger partial charge is 0.396 e. The topological polar surface area (TPSA) is 94.1 Å². The van der Waals surface area contributed by atoms with Crippen molar-refractivity contribution in [2.45, 2.75) is 19.8 Å². The van der Waals surface area contributed by atoms with E-state index in [0.717, 1.165) is 5.69 Å². The minimum atomic E-state index is -0.422. The highest BCUT2D eigenvalue weighted by Crippen LogP contribution is 2.29. The summed E-state index contributed by atoms with van der Waals surface area (Å²) in [6, 6.07) is 3.15. The third kappa shape index (κ3) is 3.02. The first-order valence-corrected chi connectivity index (χ1v) is 6.79. The Morgan fingerprint density at radius 1 is 1.50 bits per heavy atom. The molecule has 0 aliphatic heterocycles. The Kier molecular flexibility index (Phi) is 4.46. The first-order valence-electron chi connectivity index (χ1n) is 6.00. The summed E-state index contributed by atoms with van der Waals surface area (Å²) in [6.07, 6.45) is 2.92. The molecule has 7 nitrogen and oxygen atoms in total. The number of benzene rings is 1. The average Bonchev–Trinajstić information content (AvgIpc) is 2.84. The van der Waals surface area contributed by atoms with Gasteiger partial charge in [0, 0.05) is 22.7 Å². The lowest BCUT2D eigenvalue weighted by Crippen LogP contribution is -2.00. The van der Waals surface area contributed by atoms with Crippen LogP contribution in [0.4, 0.5) is 5.69 Å². The lowest BCUT2D eigenvalue weighted by atomic mass is 10.2. The van der Waals surface area contributed by atoms with E-state index < -0.39 is 4.92 Å². The van der Waals surface area contributed by atoms with Gasteiger partial charge in [-0.25, -0.2) is 4.68 Å². The van der Waals surface area contributed by atoms with E-state index in [1.54, 1.807) is 19.2 Å². The van der Waals surface area contributed by atoms with E-state index in [2.05, 4.69) is 26.2 Å². The van der Waals surface area contributed by atoms with Gasteiger partial charge in [-0.3, -0.25) is 10.1 Å². The second-order valence-corrected chi connectivity index (χ2v) is 5.18. The molecule has 1 N–H and O–H groups in total. The van der Waals surface area contributed by atoms with Crippen molar-refractivity contribution in [3.63, 3.8) is 0 Å². The van der Waals surface area contributed by atoms with E-state index in [1.807, 2.05) is 0 Å². The molecule has 106 valence electrons. The summed E-state index contributed by atoms with van der Waals surface area (Å²) in [5, 5.41) is 27.7. The van der Waals surface area contributed by atoms with Crippen LogP contribution in [-0.2, 0) is 6.42 Å². The molecule has 0 aliphatic rings. The number of hydrogen-bond donors (Lipinski definition) is 1. The normalized spacial score (nSPS) is 10.8. The fourth-order valence-corrected chi connectivity index (χ4v) is 2.45. The quantitative estimate of drug-likeness (QED) is 0.664. The lowest BCUT2D eigenvalue weighted by molar-refractivity contribution is -0.385. The van der Waals surface area contributed by atoms with Crippen molar-refractivity contribution in [3.8, 4) is 5.69 Å². The molecule has 1 heterocycles. The lowest BCUT2D eigenvalue weighted by Gasteiger charge is -2.05. The molecule has 0 radical (unpaired) electrons. The van der Waals surface area contributed by atoms with Gasteiger partial charge in [-0.2, -0.15) is 0 Å². The van der Waals surface area contributed by atoms with E-state index in [9.17, 15) is 10.1 Å². The van der Waals surface area contributed by atoms with Gasteiger partial charge in [0.05, 0.1) is 22.5 Å². The predicted octanol–water partition coefficient (Wildman–Crippen LogP) is 2.17. The first-order chi connectivity index (χ1) is 9.52. The van der Waals surface area contributed by atoms with Gasteiger partial charge in [0.2, 0.25) is 0 Å². The zero-order valence-electron chi connectivity index (χ0n) is 10.8. The molecule has 2 rings (SSSR count). The van der Waals surface area contributed by atoms with E-state index in [-0.39, 0.29) is 12.3 Å². The number of halogens is 1. The number of nitro groups is 1. The van der Waals surface area contributed by atoms with Crippen LogP contribution in [0.25, 0.3) is 5.69 Å². The van der Waals surface area contributed by atoms with Crippen LogP contribution in [0.1, 0.15) is 17.7 Å². The van der Waals surface area contributed by atoms with Crippen LogP contribution in [0.3, 0.4) is 0 Å². The van der Waals surface area contributed by atoms with Crippen LogP contribution in [0.2, 0.25) is 0 Å². The Bertz CT molecular complexity index is 642. The van der Waals surface area contributed by atoms with Crippen molar-refractivity contribution >= 4 is 21.6 Å². The molecule has 0 saturated carbocycles. The summed E-state index contributed by atoms with van der Waals surface area (Å²) in [6.45, 7) is 1.77. The standard InChI is InChI=1S/C12H13BrN4O3/c1-8-5-10(13)12(6-11(8)17(19)20)16-7-9(14-15-16)3-2-4-18/h5-7,18H,2-4H2,1H3. The third-order valence-electron chi connectivity index (χ3n) is 2.84. The average molecular weight is 341 g/mol. The molecule has 0 fully saturated rings. The maximum Gasteiger partial charge on any atom is 0.274 e. The van der Waals surface area contributed by atoms with Gasteiger partial charge in [-0.15, -0.1) is 5.10 Å². The van der Waals surface area contributed by atoms with Gasteiger partial charge < -0.3 is 5.11 Å². The van der Waals surface area contributed by atoms with E-state index in [0.29, 0.717) is 28.6 Å². The molecule has 0 amide bonds. The molecule has 20 heavy (non-hydrogen) atoms. The number of aromatic nitrogens is 3. The number of aryl methyl sites for hydroxylation is 2. The van der Waals surface area contributed by atoms with Crippen LogP contribution in [-0.4, -0.2) is 31.6 Å². The molecule has 0 saturated heterocycles. The highest BCUT2D eigenvalue weighted by molar-refractivity contribution is 9.10. The van der Waals surface area contributed by atoms with Crippen molar-refractivity contribution in [2.75, 3.05) is 6.61 Å². The molecule has 2 aromatic rings. The van der Waals surface area contributed by atoms with Gasteiger partial charge in [0.25, 0.3) is 5.69 Å². The van der Waals surface area contributed by atoms with Gasteiger partial charge >= 0.3 is 0 Å². The molecule has 0 bridgehead atoms. The molecular weight excluding hydrogens is 328 g/mol. The van der Waals surface area contributed by atoms with E-state index >= 15 is 0 Å². The van der Waals surface area contributed by atoms with Crippen LogP contribution >= 0.6 is 15.9 Å².